The molecule has 2 N–H and O–H groups in total. The minimum atomic E-state index is -4.83. The van der Waals surface area contributed by atoms with Gasteiger partial charge in [0.2, 0.25) is 5.91 Å². The maximum absolute atomic E-state index is 16.4. The van der Waals surface area contributed by atoms with Crippen LogP contribution in [0, 0.1) is 12.7 Å². The molecule has 6 heterocycles. The predicted molar refractivity (Wildman–Crippen MR) is 157 cm³/mol. The summed E-state index contributed by atoms with van der Waals surface area (Å²) in [5.74, 6) is -1.15. The molecule has 0 radical (unpaired) electrons. The van der Waals surface area contributed by atoms with Gasteiger partial charge in [-0.25, -0.2) is 9.37 Å². The number of pyridine rings is 2. The number of aryl methyl sites for hydroxylation is 1. The van der Waals surface area contributed by atoms with E-state index in [1.807, 2.05) is 4.90 Å². The van der Waals surface area contributed by atoms with Crippen molar-refractivity contribution in [1.29, 1.82) is 0 Å². The molecule has 3 saturated heterocycles. The number of fused-ring (bicyclic) bond motifs is 2. The molecule has 6 rings (SSSR count). The molecule has 0 aromatic carbocycles. The summed E-state index contributed by atoms with van der Waals surface area (Å²) in [6.07, 6.45) is 2.35. The van der Waals surface area contributed by atoms with Gasteiger partial charge in [0.1, 0.15) is 29.5 Å². The van der Waals surface area contributed by atoms with E-state index in [-0.39, 0.29) is 40.2 Å². The lowest BCUT2D eigenvalue weighted by Crippen LogP contribution is -2.43. The maximum atomic E-state index is 16.4. The summed E-state index contributed by atoms with van der Waals surface area (Å²) in [6, 6.07) is 0.712. The summed E-state index contributed by atoms with van der Waals surface area (Å²) in [5.41, 5.74) is 2.82. The molecule has 10 nitrogen and oxygen atoms in total. The molecule has 1 amide bonds. The van der Waals surface area contributed by atoms with Gasteiger partial charge < -0.3 is 20.3 Å². The van der Waals surface area contributed by atoms with Crippen molar-refractivity contribution >= 4 is 28.4 Å². The molecule has 234 valence electrons. The number of hydrogen-bond acceptors (Lipinski definition) is 9. The number of aromatic nitrogens is 4. The third-order valence-corrected chi connectivity index (χ3v) is 9.21. The smallest absolute Gasteiger partial charge is 0.418 e. The molecule has 3 aromatic heterocycles. The van der Waals surface area contributed by atoms with Gasteiger partial charge in [0.25, 0.3) is 0 Å². The zero-order valence-corrected chi connectivity index (χ0v) is 24.6. The Morgan fingerprint density at radius 2 is 1.95 bits per heavy atom. The largest absolute Gasteiger partial charge is 0.461 e. The fourth-order valence-electron chi connectivity index (χ4n) is 7.00. The molecular formula is C30H34F4N8O2. The standard InChI is InChI=1S/C30H34F4N8O2/c1-4-22(43)41-12-7-18(15-41)40(3)27-20-14-36-25(19-13-21(35)37-17(2)23(19)30(32,33)34)24(31)26(20)38-28(39-27)44-16-29-8-5-10-42(29)11-6-9-29/h4,13-14,18H,1,5-12,15-16H2,2-3H3,(H2,35,37). The van der Waals surface area contributed by atoms with Crippen LogP contribution in [0.2, 0.25) is 0 Å². The van der Waals surface area contributed by atoms with Gasteiger partial charge in [0, 0.05) is 37.9 Å². The Hall–Kier alpha value is -4.07. The van der Waals surface area contributed by atoms with E-state index in [1.54, 1.807) is 11.9 Å². The van der Waals surface area contributed by atoms with Gasteiger partial charge in [0.05, 0.1) is 22.2 Å². The summed E-state index contributed by atoms with van der Waals surface area (Å²) in [6.45, 7) is 7.89. The first-order chi connectivity index (χ1) is 20.9. The highest BCUT2D eigenvalue weighted by molar-refractivity contribution is 5.92. The summed E-state index contributed by atoms with van der Waals surface area (Å²) < 4.78 is 65.0. The van der Waals surface area contributed by atoms with Crippen molar-refractivity contribution in [3.8, 4) is 17.3 Å². The lowest BCUT2D eigenvalue weighted by molar-refractivity contribution is -0.137. The monoisotopic (exact) mass is 614 g/mol. The third-order valence-electron chi connectivity index (χ3n) is 9.21. The van der Waals surface area contributed by atoms with Crippen molar-refractivity contribution in [2.75, 3.05) is 50.5 Å². The molecule has 0 bridgehead atoms. The quantitative estimate of drug-likeness (QED) is 0.306. The summed E-state index contributed by atoms with van der Waals surface area (Å²) >= 11 is 0. The number of rotatable bonds is 7. The number of carbonyl (C=O) groups is 1. The lowest BCUT2D eigenvalue weighted by atomic mass is 9.95. The zero-order valence-electron chi connectivity index (χ0n) is 24.6. The average molecular weight is 615 g/mol. The number of hydrogen-bond donors (Lipinski definition) is 1. The first-order valence-electron chi connectivity index (χ1n) is 14.6. The number of likely N-dealkylation sites (N-methyl/N-ethyl adjacent to an activating group) is 1. The van der Waals surface area contributed by atoms with E-state index >= 15 is 4.39 Å². The van der Waals surface area contributed by atoms with Gasteiger partial charge in [-0.2, -0.15) is 23.1 Å². The second-order valence-electron chi connectivity index (χ2n) is 11.8. The first kappa shape index (κ1) is 30.0. The van der Waals surface area contributed by atoms with E-state index in [9.17, 15) is 18.0 Å². The van der Waals surface area contributed by atoms with E-state index in [1.165, 1.54) is 19.2 Å². The van der Waals surface area contributed by atoms with Crippen LogP contribution in [-0.2, 0) is 11.0 Å². The van der Waals surface area contributed by atoms with Gasteiger partial charge in [-0.05, 0) is 64.3 Å². The molecule has 0 saturated carbocycles. The molecule has 0 spiro atoms. The molecule has 1 atom stereocenters. The Balaban J connectivity index is 1.46. The van der Waals surface area contributed by atoms with Crippen molar-refractivity contribution in [1.82, 2.24) is 29.7 Å². The molecular weight excluding hydrogens is 580 g/mol. The average Bonchev–Trinajstić information content (AvgIpc) is 3.71. The molecule has 3 fully saturated rings. The van der Waals surface area contributed by atoms with Gasteiger partial charge >= 0.3 is 12.2 Å². The van der Waals surface area contributed by atoms with Crippen molar-refractivity contribution in [3.05, 3.63) is 42.0 Å². The number of amides is 1. The molecule has 1 unspecified atom stereocenters. The number of alkyl halides is 3. The number of likely N-dealkylation sites (tertiary alicyclic amines) is 1. The molecule has 3 aliphatic rings. The Kier molecular flexibility index (Phi) is 7.58. The van der Waals surface area contributed by atoms with Crippen LogP contribution in [-0.4, -0.2) is 87.1 Å². The number of nitrogens with zero attached hydrogens (tertiary/aromatic N) is 7. The van der Waals surface area contributed by atoms with Crippen LogP contribution in [0.15, 0.2) is 24.9 Å². The van der Waals surface area contributed by atoms with Crippen LogP contribution in [0.3, 0.4) is 0 Å². The molecule has 3 aromatic rings. The van der Waals surface area contributed by atoms with Crippen molar-refractivity contribution in [3.63, 3.8) is 0 Å². The number of ether oxygens (including phenoxy) is 1. The highest BCUT2D eigenvalue weighted by Gasteiger charge is 2.45. The fraction of sp³-hybridized carbons (Fsp3) is 0.500. The van der Waals surface area contributed by atoms with Crippen LogP contribution in [0.5, 0.6) is 6.01 Å². The molecule has 14 heteroatoms. The maximum Gasteiger partial charge on any atom is 0.418 e. The van der Waals surface area contributed by atoms with E-state index in [0.29, 0.717) is 31.9 Å². The zero-order chi connectivity index (χ0) is 31.4. The van der Waals surface area contributed by atoms with Gasteiger partial charge in [0.15, 0.2) is 5.82 Å². The summed E-state index contributed by atoms with van der Waals surface area (Å²) in [4.78, 5) is 35.1. The highest BCUT2D eigenvalue weighted by atomic mass is 19.4. The van der Waals surface area contributed by atoms with Crippen LogP contribution < -0.4 is 15.4 Å². The predicted octanol–water partition coefficient (Wildman–Crippen LogP) is 4.37. The molecule has 3 aliphatic heterocycles. The van der Waals surface area contributed by atoms with E-state index < -0.39 is 34.5 Å². The second kappa shape index (κ2) is 11.1. The van der Waals surface area contributed by atoms with Crippen molar-refractivity contribution in [2.45, 2.75) is 56.8 Å². The number of carbonyl (C=O) groups excluding carboxylic acids is 1. The summed E-state index contributed by atoms with van der Waals surface area (Å²) in [5, 5.41) is 0.198. The van der Waals surface area contributed by atoms with Crippen LogP contribution in [0.1, 0.15) is 43.4 Å². The second-order valence-corrected chi connectivity index (χ2v) is 11.8. The minimum absolute atomic E-state index is 0.0815. The van der Waals surface area contributed by atoms with E-state index in [0.717, 1.165) is 44.8 Å². The summed E-state index contributed by atoms with van der Waals surface area (Å²) in [7, 11) is 1.77. The Morgan fingerprint density at radius 1 is 1.23 bits per heavy atom. The van der Waals surface area contributed by atoms with E-state index in [4.69, 9.17) is 10.5 Å². The van der Waals surface area contributed by atoms with Crippen molar-refractivity contribution in [2.24, 2.45) is 0 Å². The third kappa shape index (κ3) is 5.18. The minimum Gasteiger partial charge on any atom is -0.461 e. The van der Waals surface area contributed by atoms with Gasteiger partial charge in [-0.15, -0.1) is 0 Å². The topological polar surface area (TPSA) is 114 Å². The normalized spacial score (nSPS) is 19.9. The van der Waals surface area contributed by atoms with Crippen molar-refractivity contribution < 1.29 is 27.1 Å². The highest BCUT2D eigenvalue weighted by Crippen LogP contribution is 2.42. The number of anilines is 2. The van der Waals surface area contributed by atoms with Crippen LogP contribution in [0.25, 0.3) is 22.2 Å². The van der Waals surface area contributed by atoms with E-state index in [2.05, 4.69) is 31.4 Å². The number of nitrogens with two attached hydrogens (primary N) is 1. The Morgan fingerprint density at radius 3 is 2.64 bits per heavy atom. The van der Waals surface area contributed by atoms with Gasteiger partial charge in [-0.3, -0.25) is 14.7 Å². The van der Waals surface area contributed by atoms with Gasteiger partial charge in [-0.1, -0.05) is 6.58 Å². The lowest BCUT2D eigenvalue weighted by Gasteiger charge is -2.31. The number of halogens is 4. The SMILES string of the molecule is C=CC(=O)N1CCC(N(C)c2nc(OCC34CCCN3CCC4)nc3c(F)c(-c4cc(N)nc(C)c4C(F)(F)F)ncc23)C1. The fourth-order valence-corrected chi connectivity index (χ4v) is 7.00. The molecule has 0 aliphatic carbocycles. The van der Waals surface area contributed by atoms with Crippen LogP contribution >= 0.6 is 0 Å². The van der Waals surface area contributed by atoms with Crippen LogP contribution in [0.4, 0.5) is 29.2 Å². The molecule has 44 heavy (non-hydrogen) atoms. The Bertz CT molecular complexity index is 1620. The Labute approximate surface area is 251 Å². The first-order valence-corrected chi connectivity index (χ1v) is 14.6. The number of nitrogen functional groups attached to an aromatic ring is 1.